The van der Waals surface area contributed by atoms with Crippen molar-refractivity contribution >= 4 is 11.9 Å². The van der Waals surface area contributed by atoms with E-state index < -0.39 is 11.9 Å². The maximum absolute atomic E-state index is 11.5. The van der Waals surface area contributed by atoms with Gasteiger partial charge in [-0.1, -0.05) is 57.6 Å². The summed E-state index contributed by atoms with van der Waals surface area (Å²) in [6, 6.07) is 0. The van der Waals surface area contributed by atoms with Gasteiger partial charge in [0.25, 0.3) is 0 Å². The Kier molecular flexibility index (Phi) is 7.60. The van der Waals surface area contributed by atoms with Gasteiger partial charge in [0.15, 0.2) is 0 Å². The van der Waals surface area contributed by atoms with E-state index in [-0.39, 0.29) is 22.7 Å². The molecule has 4 heteroatoms. The first kappa shape index (κ1) is 26.8. The lowest BCUT2D eigenvalue weighted by Crippen LogP contribution is -2.52. The second kappa shape index (κ2) is 9.66. The van der Waals surface area contributed by atoms with Crippen LogP contribution >= 0.6 is 0 Å². The fourth-order valence-electron chi connectivity index (χ4n) is 8.44. The molecule has 7 atom stereocenters. The average Bonchev–Trinajstić information content (AvgIpc) is 3.03. The molecule has 0 aromatic rings. The van der Waals surface area contributed by atoms with Gasteiger partial charge >= 0.3 is 11.9 Å². The van der Waals surface area contributed by atoms with E-state index in [0.717, 1.165) is 25.7 Å². The molecule has 0 aromatic carbocycles. The van der Waals surface area contributed by atoms with Gasteiger partial charge in [-0.15, -0.1) is 0 Å². The van der Waals surface area contributed by atoms with E-state index in [9.17, 15) is 14.7 Å². The van der Waals surface area contributed by atoms with Gasteiger partial charge in [-0.05, 0) is 105 Å². The summed E-state index contributed by atoms with van der Waals surface area (Å²) in [6.07, 6.45) is 12.9. The zero-order valence-corrected chi connectivity index (χ0v) is 22.2. The van der Waals surface area contributed by atoms with Crippen LogP contribution in [0, 0.1) is 39.9 Å². The highest BCUT2D eigenvalue weighted by atomic mass is 16.4. The average molecular weight is 471 g/mol. The lowest BCUT2D eigenvalue weighted by atomic mass is 9.44. The van der Waals surface area contributed by atoms with Crippen LogP contribution in [0.3, 0.4) is 0 Å². The van der Waals surface area contributed by atoms with Crippen LogP contribution in [0.25, 0.3) is 0 Å². The Balaban J connectivity index is 1.89. The minimum atomic E-state index is -0.825. The minimum Gasteiger partial charge on any atom is -0.481 e. The summed E-state index contributed by atoms with van der Waals surface area (Å²) in [6.45, 7) is 17.8. The van der Waals surface area contributed by atoms with E-state index in [1.807, 2.05) is 6.08 Å². The van der Waals surface area contributed by atoms with Crippen LogP contribution in [0.15, 0.2) is 35.5 Å². The molecule has 3 aliphatic rings. The monoisotopic (exact) mass is 470 g/mol. The quantitative estimate of drug-likeness (QED) is 0.268. The summed E-state index contributed by atoms with van der Waals surface area (Å²) in [7, 11) is 0. The zero-order chi connectivity index (χ0) is 25.5. The molecule has 3 aliphatic carbocycles. The summed E-state index contributed by atoms with van der Waals surface area (Å²) in [4.78, 5) is 22.7. The molecule has 0 saturated heterocycles. The number of carboxylic acids is 2. The van der Waals surface area contributed by atoms with Crippen molar-refractivity contribution in [2.75, 3.05) is 0 Å². The molecule has 2 N–H and O–H groups in total. The van der Waals surface area contributed by atoms with Crippen molar-refractivity contribution in [1.82, 2.24) is 0 Å². The molecule has 0 radical (unpaired) electrons. The molecular weight excluding hydrogens is 424 g/mol. The van der Waals surface area contributed by atoms with Crippen molar-refractivity contribution in [3.63, 3.8) is 0 Å². The number of allylic oxidation sites excluding steroid dienone is 4. The first-order valence-corrected chi connectivity index (χ1v) is 13.3. The number of carbonyl (C=O) groups is 2. The van der Waals surface area contributed by atoms with E-state index in [0.29, 0.717) is 35.7 Å². The highest BCUT2D eigenvalue weighted by Crippen LogP contribution is 2.71. The first-order valence-electron chi connectivity index (χ1n) is 13.3. The lowest BCUT2D eigenvalue weighted by molar-refractivity contribution is -0.138. The van der Waals surface area contributed by atoms with Crippen molar-refractivity contribution < 1.29 is 19.8 Å². The second-order valence-electron chi connectivity index (χ2n) is 12.4. The number of carboxylic acid groups (broad SMARTS) is 2. The van der Waals surface area contributed by atoms with Crippen molar-refractivity contribution in [2.45, 2.75) is 99.3 Å². The van der Waals surface area contributed by atoms with Crippen LogP contribution in [-0.2, 0) is 9.59 Å². The Morgan fingerprint density at radius 3 is 2.41 bits per heavy atom. The largest absolute Gasteiger partial charge is 0.481 e. The highest BCUT2D eigenvalue weighted by molar-refractivity contribution is 5.85. The standard InChI is InChI=1S/C30H46O4/c1-19(2)22-11-12-25-24(28(22,5)16-15-26(31)32)14-18-29(6)23(13-17-30(25,29)7)20(3)9-8-10-21(4)27(33)34/h10,14,20,22-23,25H,1,8-9,11-13,15-18H2,2-7H3,(H,31,32)(H,33,34)/t20?,22?,23?,25?,28-,29+,30-/m0/s1. The van der Waals surface area contributed by atoms with Gasteiger partial charge in [0.05, 0.1) is 0 Å². The number of hydrogen-bond acceptors (Lipinski definition) is 2. The molecule has 0 bridgehead atoms. The smallest absolute Gasteiger partial charge is 0.330 e. The van der Waals surface area contributed by atoms with Gasteiger partial charge in [0.2, 0.25) is 0 Å². The van der Waals surface area contributed by atoms with Crippen LogP contribution in [0.4, 0.5) is 0 Å². The molecule has 0 aliphatic heterocycles. The number of fused-ring (bicyclic) bond motifs is 3. The number of hydrogen-bond donors (Lipinski definition) is 2. The van der Waals surface area contributed by atoms with Gasteiger partial charge in [0, 0.05) is 12.0 Å². The Morgan fingerprint density at radius 1 is 1.15 bits per heavy atom. The Bertz CT molecular complexity index is 897. The number of rotatable bonds is 9. The van der Waals surface area contributed by atoms with Crippen LogP contribution in [0.2, 0.25) is 0 Å². The van der Waals surface area contributed by atoms with Crippen molar-refractivity contribution in [2.24, 2.45) is 39.9 Å². The van der Waals surface area contributed by atoms with Crippen molar-refractivity contribution in [3.8, 4) is 0 Å². The van der Waals surface area contributed by atoms with Gasteiger partial charge in [-0.2, -0.15) is 0 Å². The predicted molar refractivity (Wildman–Crippen MR) is 137 cm³/mol. The van der Waals surface area contributed by atoms with E-state index in [2.05, 4.69) is 47.3 Å². The van der Waals surface area contributed by atoms with Gasteiger partial charge in [-0.3, -0.25) is 4.79 Å². The second-order valence-corrected chi connectivity index (χ2v) is 12.4. The predicted octanol–water partition coefficient (Wildman–Crippen LogP) is 7.66. The molecule has 4 unspecified atom stereocenters. The van der Waals surface area contributed by atoms with E-state index in [1.165, 1.54) is 30.4 Å². The maximum Gasteiger partial charge on any atom is 0.330 e. The molecule has 0 spiro atoms. The minimum absolute atomic E-state index is 0.125. The van der Waals surface area contributed by atoms with E-state index >= 15 is 0 Å². The number of aliphatic carboxylic acids is 2. The molecule has 34 heavy (non-hydrogen) atoms. The van der Waals surface area contributed by atoms with Crippen LogP contribution in [0.1, 0.15) is 99.3 Å². The Hall–Kier alpha value is -1.84. The molecule has 0 heterocycles. The van der Waals surface area contributed by atoms with Crippen molar-refractivity contribution in [1.29, 1.82) is 0 Å². The third-order valence-electron chi connectivity index (χ3n) is 10.7. The van der Waals surface area contributed by atoms with Gasteiger partial charge < -0.3 is 10.2 Å². The topological polar surface area (TPSA) is 74.6 Å². The van der Waals surface area contributed by atoms with E-state index in [4.69, 9.17) is 5.11 Å². The maximum atomic E-state index is 11.5. The lowest BCUT2D eigenvalue weighted by Gasteiger charge is -2.60. The molecule has 2 saturated carbocycles. The van der Waals surface area contributed by atoms with Crippen LogP contribution in [-0.4, -0.2) is 22.2 Å². The first-order chi connectivity index (χ1) is 15.8. The summed E-state index contributed by atoms with van der Waals surface area (Å²) >= 11 is 0. The summed E-state index contributed by atoms with van der Waals surface area (Å²) in [5.74, 6) is 0.491. The Morgan fingerprint density at radius 2 is 1.82 bits per heavy atom. The third-order valence-corrected chi connectivity index (χ3v) is 10.7. The molecule has 2 fully saturated rings. The SMILES string of the molecule is C=C(C)C1CCC2C(=CC[C@]3(C)C(C(C)CCC=C(C)C(=O)O)CC[C@@]23C)[C@@]1(C)CCC(=O)O. The fourth-order valence-corrected chi connectivity index (χ4v) is 8.44. The third kappa shape index (κ3) is 4.42. The van der Waals surface area contributed by atoms with Crippen LogP contribution in [0.5, 0.6) is 0 Å². The Labute approximate surface area is 206 Å². The molecule has 0 amide bonds. The zero-order valence-electron chi connectivity index (χ0n) is 22.2. The summed E-state index contributed by atoms with van der Waals surface area (Å²) < 4.78 is 0. The van der Waals surface area contributed by atoms with Gasteiger partial charge in [-0.25, -0.2) is 4.79 Å². The highest BCUT2D eigenvalue weighted by Gasteiger charge is 2.63. The molecule has 4 nitrogen and oxygen atoms in total. The molecule has 0 aromatic heterocycles. The summed E-state index contributed by atoms with van der Waals surface area (Å²) in [5.41, 5.74) is 3.45. The van der Waals surface area contributed by atoms with E-state index in [1.54, 1.807) is 6.92 Å². The molecule has 3 rings (SSSR count). The van der Waals surface area contributed by atoms with Crippen molar-refractivity contribution in [3.05, 3.63) is 35.5 Å². The molecule has 190 valence electrons. The normalized spacial score (nSPS) is 38.5. The summed E-state index contributed by atoms with van der Waals surface area (Å²) in [5, 5.41) is 18.6. The van der Waals surface area contributed by atoms with Crippen LogP contribution < -0.4 is 0 Å². The van der Waals surface area contributed by atoms with Gasteiger partial charge in [0.1, 0.15) is 0 Å². The molecular formula is C30H46O4. The fraction of sp³-hybridized carbons (Fsp3) is 0.733.